The Balaban J connectivity index is 1.30. The van der Waals surface area contributed by atoms with Gasteiger partial charge in [0.2, 0.25) is 10.0 Å². The first-order valence-corrected chi connectivity index (χ1v) is 14.0. The minimum Gasteiger partial charge on any atom is -0.383 e. The molecule has 0 amide bonds. The first-order valence-electron chi connectivity index (χ1n) is 11.7. The molecular weight excluding hydrogens is 564 g/mol. The van der Waals surface area contributed by atoms with Gasteiger partial charge in [0.15, 0.2) is 11.5 Å². The molecule has 6 aromatic rings. The topological polar surface area (TPSA) is 116 Å². The number of nitrogens with one attached hydrogen (secondary N) is 1. The molecule has 188 valence electrons. The van der Waals surface area contributed by atoms with Gasteiger partial charge in [0.25, 0.3) is 0 Å². The normalized spacial score (nSPS) is 11.8. The Bertz CT molecular complexity index is 1920. The summed E-state index contributed by atoms with van der Waals surface area (Å²) >= 11 is 3.46. The van der Waals surface area contributed by atoms with Crippen LogP contribution >= 0.6 is 15.9 Å². The van der Waals surface area contributed by atoms with Crippen molar-refractivity contribution in [1.29, 1.82) is 0 Å². The van der Waals surface area contributed by atoms with Crippen molar-refractivity contribution >= 4 is 53.7 Å². The maximum Gasteiger partial charge on any atom is 0.240 e. The van der Waals surface area contributed by atoms with Crippen molar-refractivity contribution in [1.82, 2.24) is 24.2 Å². The highest BCUT2D eigenvalue weighted by atomic mass is 79.9. The largest absolute Gasteiger partial charge is 0.383 e. The van der Waals surface area contributed by atoms with Crippen LogP contribution in [0.1, 0.15) is 5.56 Å². The van der Waals surface area contributed by atoms with Crippen LogP contribution in [0.2, 0.25) is 0 Å². The Morgan fingerprint density at radius 1 is 0.895 bits per heavy atom. The van der Waals surface area contributed by atoms with Crippen LogP contribution in [0.5, 0.6) is 0 Å². The third-order valence-corrected chi connectivity index (χ3v) is 8.07. The maximum absolute atomic E-state index is 13.0. The molecule has 6 rings (SSSR count). The Kier molecular flexibility index (Phi) is 6.15. The van der Waals surface area contributed by atoms with Crippen LogP contribution in [-0.2, 0) is 16.6 Å². The number of hydrogen-bond donors (Lipinski definition) is 2. The molecule has 0 aliphatic rings. The van der Waals surface area contributed by atoms with Crippen molar-refractivity contribution in [2.45, 2.75) is 11.4 Å². The molecule has 0 spiro atoms. The number of rotatable bonds is 6. The highest BCUT2D eigenvalue weighted by molar-refractivity contribution is 9.10. The molecule has 8 nitrogen and oxygen atoms in total. The Labute approximate surface area is 227 Å². The van der Waals surface area contributed by atoms with E-state index in [4.69, 9.17) is 10.7 Å². The second kappa shape index (κ2) is 9.64. The molecule has 3 heterocycles. The molecule has 0 atom stereocenters. The molecule has 0 unspecified atom stereocenters. The molecule has 0 radical (unpaired) electrons. The van der Waals surface area contributed by atoms with Crippen LogP contribution in [0.4, 0.5) is 5.82 Å². The lowest BCUT2D eigenvalue weighted by atomic mass is 10.1. The Morgan fingerprint density at radius 2 is 1.68 bits per heavy atom. The fourth-order valence-electron chi connectivity index (χ4n) is 4.33. The number of nitrogen functional groups attached to an aromatic ring is 1. The van der Waals surface area contributed by atoms with E-state index in [9.17, 15) is 8.42 Å². The van der Waals surface area contributed by atoms with Crippen LogP contribution in [0.3, 0.4) is 0 Å². The van der Waals surface area contributed by atoms with Crippen LogP contribution in [-0.4, -0.2) is 27.9 Å². The molecule has 3 N–H and O–H groups in total. The standard InChI is InChI=1S/C28H21BrN6O2S/c29-21-15-25-28(32-17-21)35(27(34-25)24-6-3-13-31-26(24)30)22-10-7-18(8-11-22)16-33-38(36,37)23-12-9-19-4-1-2-5-20(19)14-23/h1-15,17,33H,16H2,(H2,30,31). The van der Waals surface area contributed by atoms with Crippen molar-refractivity contribution < 1.29 is 8.42 Å². The zero-order chi connectivity index (χ0) is 26.3. The van der Waals surface area contributed by atoms with E-state index in [-0.39, 0.29) is 11.4 Å². The van der Waals surface area contributed by atoms with E-state index < -0.39 is 10.0 Å². The van der Waals surface area contributed by atoms with Gasteiger partial charge in [0, 0.05) is 29.1 Å². The lowest BCUT2D eigenvalue weighted by Crippen LogP contribution is -2.23. The highest BCUT2D eigenvalue weighted by Gasteiger charge is 2.19. The molecule has 10 heteroatoms. The zero-order valence-electron chi connectivity index (χ0n) is 19.9. The molecular formula is C28H21BrN6O2S. The van der Waals surface area contributed by atoms with Gasteiger partial charge in [-0.1, -0.05) is 42.5 Å². The van der Waals surface area contributed by atoms with Gasteiger partial charge in [0.1, 0.15) is 11.3 Å². The van der Waals surface area contributed by atoms with Gasteiger partial charge in [0.05, 0.1) is 10.5 Å². The number of nitrogens with zero attached hydrogens (tertiary/aromatic N) is 4. The predicted octanol–water partition coefficient (Wildman–Crippen LogP) is 5.46. The summed E-state index contributed by atoms with van der Waals surface area (Å²) in [5, 5.41) is 1.86. The van der Waals surface area contributed by atoms with Crippen molar-refractivity contribution in [3.63, 3.8) is 0 Å². The smallest absolute Gasteiger partial charge is 0.240 e. The van der Waals surface area contributed by atoms with Gasteiger partial charge >= 0.3 is 0 Å². The lowest BCUT2D eigenvalue weighted by Gasteiger charge is -2.12. The van der Waals surface area contributed by atoms with E-state index in [1.165, 1.54) is 0 Å². The summed E-state index contributed by atoms with van der Waals surface area (Å²) < 4.78 is 31.3. The number of aromatic nitrogens is 4. The summed E-state index contributed by atoms with van der Waals surface area (Å²) in [5.41, 5.74) is 9.84. The lowest BCUT2D eigenvalue weighted by molar-refractivity contribution is 0.581. The molecule has 0 saturated carbocycles. The van der Waals surface area contributed by atoms with Crippen LogP contribution in [0, 0.1) is 0 Å². The van der Waals surface area contributed by atoms with E-state index in [0.29, 0.717) is 28.4 Å². The second-order valence-electron chi connectivity index (χ2n) is 8.70. The highest BCUT2D eigenvalue weighted by Crippen LogP contribution is 2.31. The summed E-state index contributed by atoms with van der Waals surface area (Å²) in [6.45, 7) is 0.147. The Hall–Kier alpha value is -4.12. The van der Waals surface area contributed by atoms with Crippen LogP contribution in [0.25, 0.3) is 39.0 Å². The molecule has 0 bridgehead atoms. The number of halogens is 1. The molecule has 38 heavy (non-hydrogen) atoms. The summed E-state index contributed by atoms with van der Waals surface area (Å²) in [7, 11) is -3.68. The minimum absolute atomic E-state index is 0.147. The number of anilines is 1. The van der Waals surface area contributed by atoms with Gasteiger partial charge in [-0.2, -0.15) is 0 Å². The van der Waals surface area contributed by atoms with Gasteiger partial charge in [-0.05, 0) is 74.7 Å². The molecule has 0 aliphatic carbocycles. The zero-order valence-corrected chi connectivity index (χ0v) is 22.3. The minimum atomic E-state index is -3.68. The van der Waals surface area contributed by atoms with Crippen LogP contribution < -0.4 is 10.5 Å². The summed E-state index contributed by atoms with van der Waals surface area (Å²) in [4.78, 5) is 13.8. The number of pyridine rings is 2. The maximum atomic E-state index is 13.0. The Morgan fingerprint density at radius 3 is 2.47 bits per heavy atom. The molecule has 0 aliphatic heterocycles. The number of hydrogen-bond acceptors (Lipinski definition) is 6. The molecule has 3 aromatic carbocycles. The van der Waals surface area contributed by atoms with E-state index in [1.807, 2.05) is 77.4 Å². The average Bonchev–Trinajstić information content (AvgIpc) is 3.30. The number of benzene rings is 3. The van der Waals surface area contributed by atoms with Crippen LogP contribution in [0.15, 0.2) is 107 Å². The fraction of sp³-hybridized carbons (Fsp3) is 0.0357. The van der Waals surface area contributed by atoms with Crippen molar-refractivity contribution in [2.75, 3.05) is 5.73 Å². The van der Waals surface area contributed by atoms with Gasteiger partial charge in [-0.15, -0.1) is 0 Å². The summed E-state index contributed by atoms with van der Waals surface area (Å²) in [6.07, 6.45) is 3.35. The van der Waals surface area contributed by atoms with Crippen molar-refractivity contribution in [3.8, 4) is 17.1 Å². The predicted molar refractivity (Wildman–Crippen MR) is 152 cm³/mol. The van der Waals surface area contributed by atoms with Crippen molar-refractivity contribution in [3.05, 3.63) is 107 Å². The number of fused-ring (bicyclic) bond motifs is 2. The third kappa shape index (κ3) is 4.53. The molecule has 0 fully saturated rings. The van der Waals surface area contributed by atoms with E-state index in [1.54, 1.807) is 24.5 Å². The quantitative estimate of drug-likeness (QED) is 0.268. The van der Waals surface area contributed by atoms with Gasteiger partial charge in [-0.3, -0.25) is 4.57 Å². The van der Waals surface area contributed by atoms with E-state index >= 15 is 0 Å². The number of imidazole rings is 1. The van der Waals surface area contributed by atoms with Gasteiger partial charge in [-0.25, -0.2) is 28.1 Å². The fourth-order valence-corrected chi connectivity index (χ4v) is 5.70. The summed E-state index contributed by atoms with van der Waals surface area (Å²) in [6, 6.07) is 25.9. The summed E-state index contributed by atoms with van der Waals surface area (Å²) in [5.74, 6) is 0.976. The number of sulfonamides is 1. The van der Waals surface area contributed by atoms with Gasteiger partial charge < -0.3 is 5.73 Å². The first kappa shape index (κ1) is 24.2. The monoisotopic (exact) mass is 584 g/mol. The van der Waals surface area contributed by atoms with E-state index in [0.717, 1.165) is 26.5 Å². The third-order valence-electron chi connectivity index (χ3n) is 6.24. The number of nitrogens with two attached hydrogens (primary N) is 1. The first-order chi connectivity index (χ1) is 18.4. The van der Waals surface area contributed by atoms with E-state index in [2.05, 4.69) is 30.6 Å². The molecule has 3 aromatic heterocycles. The average molecular weight is 585 g/mol. The van der Waals surface area contributed by atoms with Crippen molar-refractivity contribution in [2.24, 2.45) is 0 Å². The SMILES string of the molecule is Nc1ncccc1-c1nc2cc(Br)cnc2n1-c1ccc(CNS(=O)(=O)c2ccc3ccccc3c2)cc1. The second-order valence-corrected chi connectivity index (χ2v) is 11.4. The molecule has 0 saturated heterocycles.